The minimum atomic E-state index is -0.113. The maximum atomic E-state index is 13.2. The van der Waals surface area contributed by atoms with E-state index in [2.05, 4.69) is 11.8 Å². The van der Waals surface area contributed by atoms with Crippen molar-refractivity contribution in [1.29, 1.82) is 0 Å². The van der Waals surface area contributed by atoms with Gasteiger partial charge in [0.05, 0.1) is 24.7 Å². The van der Waals surface area contributed by atoms with Gasteiger partial charge < -0.3 is 25.2 Å². The van der Waals surface area contributed by atoms with Gasteiger partial charge in [0.1, 0.15) is 0 Å². The third kappa shape index (κ3) is 4.72. The average molecular weight is 437 g/mol. The molecule has 4 rings (SSSR count). The molecule has 2 saturated heterocycles. The number of rotatable bonds is 5. The number of nitrogens with zero attached hydrogens (tertiary/aromatic N) is 3. The fraction of sp³-hybridized carbons (Fsp3) is 0.440. The number of piperazine rings is 1. The van der Waals surface area contributed by atoms with Crippen molar-refractivity contribution in [3.05, 3.63) is 59.7 Å². The first-order valence-corrected chi connectivity index (χ1v) is 11.4. The summed E-state index contributed by atoms with van der Waals surface area (Å²) in [5, 5.41) is 0. The van der Waals surface area contributed by atoms with Crippen LogP contribution in [-0.4, -0.2) is 74.1 Å². The molecule has 1 unspecified atom stereocenters. The van der Waals surface area contributed by atoms with E-state index in [4.69, 9.17) is 10.5 Å². The van der Waals surface area contributed by atoms with Crippen molar-refractivity contribution in [3.8, 4) is 0 Å². The molecular formula is C25H32N4O3. The van der Waals surface area contributed by atoms with Gasteiger partial charge in [0, 0.05) is 50.6 Å². The Morgan fingerprint density at radius 3 is 2.28 bits per heavy atom. The van der Waals surface area contributed by atoms with E-state index in [9.17, 15) is 9.59 Å². The highest BCUT2D eigenvalue weighted by molar-refractivity contribution is 6.01. The molecule has 2 aromatic carbocycles. The average Bonchev–Trinajstić information content (AvgIpc) is 2.85. The van der Waals surface area contributed by atoms with Crippen LogP contribution in [0.4, 0.5) is 11.4 Å². The van der Waals surface area contributed by atoms with Gasteiger partial charge in [0.15, 0.2) is 0 Å². The summed E-state index contributed by atoms with van der Waals surface area (Å²) in [5.41, 5.74) is 9.18. The zero-order valence-electron chi connectivity index (χ0n) is 18.7. The number of morpholine rings is 1. The Balaban J connectivity index is 1.46. The standard InChI is InChI=1S/C25H32N4O3/c1-2-21(19-6-4-3-5-7-19)24(30)28-12-10-27(11-13-28)23-9-8-20(26)18-22(23)25(31)29-14-16-32-17-15-29/h3-9,18,21H,2,10-17,26H2,1H3. The van der Waals surface area contributed by atoms with Gasteiger partial charge >= 0.3 is 0 Å². The SMILES string of the molecule is CCC(C(=O)N1CCN(c2ccc(N)cc2C(=O)N2CCOCC2)CC1)c1ccccc1. The largest absolute Gasteiger partial charge is 0.399 e. The number of anilines is 2. The molecule has 0 aromatic heterocycles. The summed E-state index contributed by atoms with van der Waals surface area (Å²) in [6.45, 7) is 7.00. The summed E-state index contributed by atoms with van der Waals surface area (Å²) < 4.78 is 5.38. The van der Waals surface area contributed by atoms with Gasteiger partial charge in [0.25, 0.3) is 5.91 Å². The molecule has 7 heteroatoms. The second-order valence-electron chi connectivity index (χ2n) is 8.37. The Kier molecular flexibility index (Phi) is 6.95. The van der Waals surface area contributed by atoms with E-state index in [1.165, 1.54) is 0 Å². The van der Waals surface area contributed by atoms with Gasteiger partial charge in [-0.2, -0.15) is 0 Å². The first-order chi connectivity index (χ1) is 15.6. The van der Waals surface area contributed by atoms with E-state index in [0.717, 1.165) is 17.7 Å². The molecule has 2 N–H and O–H groups in total. The lowest BCUT2D eigenvalue weighted by atomic mass is 9.94. The molecule has 2 heterocycles. The predicted octanol–water partition coefficient (Wildman–Crippen LogP) is 2.58. The molecule has 2 aliphatic rings. The fourth-order valence-corrected chi connectivity index (χ4v) is 4.56. The summed E-state index contributed by atoms with van der Waals surface area (Å²) in [4.78, 5) is 32.4. The molecule has 170 valence electrons. The van der Waals surface area contributed by atoms with Crippen molar-refractivity contribution in [2.24, 2.45) is 0 Å². The summed E-state index contributed by atoms with van der Waals surface area (Å²) in [5.74, 6) is 0.0576. The molecule has 2 aliphatic heterocycles. The number of benzene rings is 2. The molecule has 7 nitrogen and oxygen atoms in total. The number of hydrogen-bond donors (Lipinski definition) is 1. The van der Waals surface area contributed by atoms with E-state index in [1.807, 2.05) is 52.3 Å². The first kappa shape index (κ1) is 22.1. The van der Waals surface area contributed by atoms with Crippen molar-refractivity contribution >= 4 is 23.2 Å². The first-order valence-electron chi connectivity index (χ1n) is 11.4. The summed E-state index contributed by atoms with van der Waals surface area (Å²) >= 11 is 0. The fourth-order valence-electron chi connectivity index (χ4n) is 4.56. The van der Waals surface area contributed by atoms with Crippen molar-refractivity contribution in [1.82, 2.24) is 9.80 Å². The van der Waals surface area contributed by atoms with Crippen LogP contribution >= 0.6 is 0 Å². The monoisotopic (exact) mass is 436 g/mol. The van der Waals surface area contributed by atoms with Crippen LogP contribution in [0.5, 0.6) is 0 Å². The second-order valence-corrected chi connectivity index (χ2v) is 8.37. The Morgan fingerprint density at radius 1 is 0.938 bits per heavy atom. The molecule has 1 atom stereocenters. The van der Waals surface area contributed by atoms with E-state index >= 15 is 0 Å². The molecule has 0 aliphatic carbocycles. The minimum absolute atomic E-state index is 0.00997. The molecular weight excluding hydrogens is 404 g/mol. The smallest absolute Gasteiger partial charge is 0.256 e. The predicted molar refractivity (Wildman–Crippen MR) is 126 cm³/mol. The van der Waals surface area contributed by atoms with Crippen LogP contribution in [0.15, 0.2) is 48.5 Å². The van der Waals surface area contributed by atoms with Crippen LogP contribution in [0.3, 0.4) is 0 Å². The van der Waals surface area contributed by atoms with Gasteiger partial charge in [-0.05, 0) is 30.2 Å². The summed E-state index contributed by atoms with van der Waals surface area (Å²) in [6, 6.07) is 15.5. The van der Waals surface area contributed by atoms with E-state index in [-0.39, 0.29) is 17.7 Å². The number of ether oxygens (including phenoxy) is 1. The second kappa shape index (κ2) is 10.0. The Labute approximate surface area is 189 Å². The third-order valence-electron chi connectivity index (χ3n) is 6.39. The topological polar surface area (TPSA) is 79.1 Å². The molecule has 2 amide bonds. The van der Waals surface area contributed by atoms with E-state index < -0.39 is 0 Å². The van der Waals surface area contributed by atoms with Gasteiger partial charge in [-0.15, -0.1) is 0 Å². The molecule has 2 aromatic rings. The maximum Gasteiger partial charge on any atom is 0.256 e. The van der Waals surface area contributed by atoms with Gasteiger partial charge in [-0.1, -0.05) is 37.3 Å². The van der Waals surface area contributed by atoms with Crippen LogP contribution in [0.2, 0.25) is 0 Å². The summed E-state index contributed by atoms with van der Waals surface area (Å²) in [7, 11) is 0. The van der Waals surface area contributed by atoms with Crippen LogP contribution in [-0.2, 0) is 9.53 Å². The molecule has 32 heavy (non-hydrogen) atoms. The molecule has 2 fully saturated rings. The highest BCUT2D eigenvalue weighted by atomic mass is 16.5. The van der Waals surface area contributed by atoms with E-state index in [1.54, 1.807) is 6.07 Å². The zero-order valence-corrected chi connectivity index (χ0v) is 18.7. The molecule has 0 radical (unpaired) electrons. The van der Waals surface area contributed by atoms with Crippen molar-refractivity contribution in [2.75, 3.05) is 63.1 Å². The van der Waals surface area contributed by atoms with Crippen molar-refractivity contribution in [3.63, 3.8) is 0 Å². The number of nitrogen functional groups attached to an aromatic ring is 1. The Morgan fingerprint density at radius 2 is 1.62 bits per heavy atom. The number of hydrogen-bond acceptors (Lipinski definition) is 5. The highest BCUT2D eigenvalue weighted by Gasteiger charge is 2.29. The Hall–Kier alpha value is -3.06. The lowest BCUT2D eigenvalue weighted by Gasteiger charge is -2.38. The normalized spacial score (nSPS) is 17.8. The third-order valence-corrected chi connectivity index (χ3v) is 6.39. The number of amides is 2. The maximum absolute atomic E-state index is 13.2. The number of nitrogens with two attached hydrogens (primary N) is 1. The van der Waals surface area contributed by atoms with E-state index in [0.29, 0.717) is 63.7 Å². The van der Waals surface area contributed by atoms with Crippen LogP contribution in [0.25, 0.3) is 0 Å². The van der Waals surface area contributed by atoms with Crippen molar-refractivity contribution in [2.45, 2.75) is 19.3 Å². The van der Waals surface area contributed by atoms with Crippen LogP contribution < -0.4 is 10.6 Å². The number of carbonyl (C=O) groups excluding carboxylic acids is 2. The quantitative estimate of drug-likeness (QED) is 0.729. The van der Waals surface area contributed by atoms with Gasteiger partial charge in [0.2, 0.25) is 5.91 Å². The van der Waals surface area contributed by atoms with Crippen molar-refractivity contribution < 1.29 is 14.3 Å². The highest BCUT2D eigenvalue weighted by Crippen LogP contribution is 2.28. The lowest BCUT2D eigenvalue weighted by molar-refractivity contribution is -0.133. The summed E-state index contributed by atoms with van der Waals surface area (Å²) in [6.07, 6.45) is 0.777. The van der Waals surface area contributed by atoms with Gasteiger partial charge in [-0.3, -0.25) is 9.59 Å². The zero-order chi connectivity index (χ0) is 22.5. The molecule has 0 saturated carbocycles. The van der Waals surface area contributed by atoms with Crippen LogP contribution in [0, 0.1) is 0 Å². The lowest BCUT2D eigenvalue weighted by Crippen LogP contribution is -2.50. The van der Waals surface area contributed by atoms with Gasteiger partial charge in [-0.25, -0.2) is 0 Å². The van der Waals surface area contributed by atoms with Crippen LogP contribution in [0.1, 0.15) is 35.2 Å². The Bertz CT molecular complexity index is 935. The number of carbonyl (C=O) groups is 2. The molecule has 0 bridgehead atoms. The molecule has 0 spiro atoms. The minimum Gasteiger partial charge on any atom is -0.399 e.